The van der Waals surface area contributed by atoms with Crippen LogP contribution in [0.5, 0.6) is 0 Å². The molecule has 0 bridgehead atoms. The largest absolute Gasteiger partial charge is 0.462 e. The Balaban J connectivity index is 4.28. The summed E-state index contributed by atoms with van der Waals surface area (Å²) >= 11 is 0. The Hall–Kier alpha value is -0.640. The summed E-state index contributed by atoms with van der Waals surface area (Å²) in [5.41, 5.74) is 0.0729. The van der Waals surface area contributed by atoms with Crippen molar-refractivity contribution in [3.8, 4) is 12.0 Å². The van der Waals surface area contributed by atoms with Crippen molar-refractivity contribution in [2.45, 2.75) is 46.5 Å². The molecule has 0 aliphatic carbocycles. The Bertz CT molecular complexity index is 146. The highest BCUT2D eigenvalue weighted by atomic mass is 16.2. The molecule has 0 heterocycles. The van der Waals surface area contributed by atoms with Gasteiger partial charge in [0.25, 0.3) is 0 Å². The Morgan fingerprint density at radius 2 is 1.73 bits per heavy atom. The van der Waals surface area contributed by atoms with Gasteiger partial charge in [-0.2, -0.15) is 0 Å². The minimum atomic E-state index is 0.0729. The maximum atomic E-state index is 8.53. The van der Waals surface area contributed by atoms with Gasteiger partial charge in [-0.25, -0.2) is 0 Å². The van der Waals surface area contributed by atoms with Crippen LogP contribution in [0, 0.1) is 17.4 Å². The normalized spacial score (nSPS) is 10.5. The summed E-state index contributed by atoms with van der Waals surface area (Å²) in [4.78, 5) is 0. The summed E-state index contributed by atoms with van der Waals surface area (Å²) < 4.78 is 0. The molecule has 0 spiro atoms. The van der Waals surface area contributed by atoms with Gasteiger partial charge in [-0.1, -0.05) is 33.1 Å². The number of hydrogen-bond acceptors (Lipinski definition) is 1. The molecule has 1 N–H and O–H groups in total. The van der Waals surface area contributed by atoms with Gasteiger partial charge >= 0.3 is 0 Å². The van der Waals surface area contributed by atoms with Crippen LogP contribution >= 0.6 is 0 Å². The van der Waals surface area contributed by atoms with E-state index < -0.39 is 0 Å². The lowest BCUT2D eigenvalue weighted by Crippen LogP contribution is -2.15. The Kier molecular flexibility index (Phi) is 4.77. The van der Waals surface area contributed by atoms with Crippen molar-refractivity contribution < 1.29 is 5.11 Å². The predicted octanol–water partition coefficient (Wildman–Crippen LogP) is 2.93. The van der Waals surface area contributed by atoms with Gasteiger partial charge in [0, 0.05) is 5.41 Å². The van der Waals surface area contributed by atoms with Crippen molar-refractivity contribution in [2.24, 2.45) is 5.41 Å². The van der Waals surface area contributed by atoms with Crippen LogP contribution in [0.3, 0.4) is 0 Å². The molecule has 0 radical (unpaired) electrons. The van der Waals surface area contributed by atoms with E-state index in [1.165, 1.54) is 0 Å². The van der Waals surface area contributed by atoms with Crippen LogP contribution in [0.15, 0.2) is 0 Å². The molecule has 0 aliphatic heterocycles. The molecule has 64 valence electrons. The summed E-state index contributed by atoms with van der Waals surface area (Å²) in [7, 11) is 0. The first-order valence-electron chi connectivity index (χ1n) is 4.41. The van der Waals surface area contributed by atoms with Crippen molar-refractivity contribution in [1.29, 1.82) is 0 Å². The Morgan fingerprint density at radius 3 is 2.00 bits per heavy atom. The highest BCUT2D eigenvalue weighted by Gasteiger charge is 2.21. The summed E-state index contributed by atoms with van der Waals surface area (Å²) in [6.07, 6.45) is 6.34. The van der Waals surface area contributed by atoms with Crippen LogP contribution in [0.2, 0.25) is 0 Å². The lowest BCUT2D eigenvalue weighted by molar-refractivity contribution is 0.334. The van der Waals surface area contributed by atoms with E-state index in [1.807, 2.05) is 6.11 Å². The molecule has 0 unspecified atom stereocenters. The van der Waals surface area contributed by atoms with Gasteiger partial charge in [-0.05, 0) is 19.3 Å². The lowest BCUT2D eigenvalue weighted by Gasteiger charge is -2.23. The van der Waals surface area contributed by atoms with Crippen molar-refractivity contribution in [1.82, 2.24) is 0 Å². The zero-order chi connectivity index (χ0) is 8.74. The zero-order valence-corrected chi connectivity index (χ0v) is 7.78. The van der Waals surface area contributed by atoms with E-state index >= 15 is 0 Å². The maximum Gasteiger partial charge on any atom is 0.108 e. The van der Waals surface area contributed by atoms with E-state index in [9.17, 15) is 0 Å². The number of rotatable bonds is 4. The highest BCUT2D eigenvalue weighted by molar-refractivity contribution is 5.06. The van der Waals surface area contributed by atoms with Crippen LogP contribution in [0.4, 0.5) is 0 Å². The predicted molar refractivity (Wildman–Crippen MR) is 47.6 cm³/mol. The van der Waals surface area contributed by atoms with Gasteiger partial charge in [-0.15, -0.1) is 0 Å². The summed E-state index contributed by atoms with van der Waals surface area (Å²) in [5.74, 6) is 2.90. The van der Waals surface area contributed by atoms with Crippen molar-refractivity contribution in [3.63, 3.8) is 0 Å². The second-order valence-corrected chi connectivity index (χ2v) is 2.97. The van der Waals surface area contributed by atoms with E-state index in [0.717, 1.165) is 25.7 Å². The van der Waals surface area contributed by atoms with E-state index in [0.29, 0.717) is 0 Å². The minimum absolute atomic E-state index is 0.0729. The first-order chi connectivity index (χ1) is 5.24. The van der Waals surface area contributed by atoms with E-state index in [4.69, 9.17) is 5.11 Å². The van der Waals surface area contributed by atoms with Crippen molar-refractivity contribution >= 4 is 0 Å². The van der Waals surface area contributed by atoms with Crippen molar-refractivity contribution in [3.05, 3.63) is 0 Å². The molecule has 0 atom stereocenters. The third kappa shape index (κ3) is 2.84. The van der Waals surface area contributed by atoms with Crippen LogP contribution in [-0.4, -0.2) is 5.11 Å². The van der Waals surface area contributed by atoms with Crippen LogP contribution in [-0.2, 0) is 0 Å². The van der Waals surface area contributed by atoms with Crippen LogP contribution in [0.1, 0.15) is 46.5 Å². The molecular formula is C10H18O. The van der Waals surface area contributed by atoms with Gasteiger partial charge in [0.05, 0.1) is 0 Å². The van der Waals surface area contributed by atoms with Crippen LogP contribution < -0.4 is 0 Å². The van der Waals surface area contributed by atoms with Gasteiger partial charge in [0.2, 0.25) is 0 Å². The molecule has 0 aromatic carbocycles. The lowest BCUT2D eigenvalue weighted by atomic mass is 9.79. The number of hydrogen-bond donors (Lipinski definition) is 1. The van der Waals surface area contributed by atoms with Gasteiger partial charge in [0.1, 0.15) is 6.11 Å². The Morgan fingerprint density at radius 1 is 1.18 bits per heavy atom. The third-order valence-electron chi connectivity index (χ3n) is 2.40. The third-order valence-corrected chi connectivity index (χ3v) is 2.40. The monoisotopic (exact) mass is 154 g/mol. The second-order valence-electron chi connectivity index (χ2n) is 2.97. The van der Waals surface area contributed by atoms with E-state index in [-0.39, 0.29) is 5.41 Å². The molecule has 0 fully saturated rings. The minimum Gasteiger partial charge on any atom is -0.462 e. The van der Waals surface area contributed by atoms with E-state index in [2.05, 4.69) is 26.7 Å². The fourth-order valence-electron chi connectivity index (χ4n) is 1.44. The summed E-state index contributed by atoms with van der Waals surface area (Å²) in [5, 5.41) is 8.53. The zero-order valence-electron chi connectivity index (χ0n) is 7.78. The van der Waals surface area contributed by atoms with Crippen molar-refractivity contribution in [2.75, 3.05) is 0 Å². The van der Waals surface area contributed by atoms with Gasteiger partial charge in [-0.3, -0.25) is 0 Å². The molecule has 0 aromatic heterocycles. The fourth-order valence-corrected chi connectivity index (χ4v) is 1.44. The Labute approximate surface area is 69.8 Å². The molecule has 1 nitrogen and oxygen atoms in total. The molecule has 0 rings (SSSR count). The average molecular weight is 154 g/mol. The molecule has 0 amide bonds. The highest BCUT2D eigenvalue weighted by Crippen LogP contribution is 2.30. The molecule has 0 aliphatic rings. The maximum absolute atomic E-state index is 8.53. The second kappa shape index (κ2) is 5.07. The van der Waals surface area contributed by atoms with Crippen LogP contribution in [0.25, 0.3) is 0 Å². The number of aliphatic hydroxyl groups excluding tert-OH is 1. The quantitative estimate of drug-likeness (QED) is 0.617. The molecule has 0 saturated carbocycles. The first-order valence-corrected chi connectivity index (χ1v) is 4.41. The summed E-state index contributed by atoms with van der Waals surface area (Å²) in [6.45, 7) is 6.41. The smallest absolute Gasteiger partial charge is 0.108 e. The van der Waals surface area contributed by atoms with Gasteiger partial charge in [0.15, 0.2) is 0 Å². The van der Waals surface area contributed by atoms with E-state index in [1.54, 1.807) is 0 Å². The molecule has 11 heavy (non-hydrogen) atoms. The topological polar surface area (TPSA) is 20.2 Å². The molecule has 0 saturated heterocycles. The molecular weight excluding hydrogens is 136 g/mol. The standard InChI is InChI=1S/C10H18O/c1-4-7-10(5-2,6-3)8-9-11/h11H,4-7H2,1-3H3. The fraction of sp³-hybridized carbons (Fsp3) is 0.800. The SMILES string of the molecule is CCCC(C#CO)(CC)CC. The average Bonchev–Trinajstić information content (AvgIpc) is 2.04. The van der Waals surface area contributed by atoms with Gasteiger partial charge < -0.3 is 5.11 Å². The molecule has 0 aromatic rings. The summed E-state index contributed by atoms with van der Waals surface area (Å²) in [6, 6.07) is 0. The molecule has 1 heteroatoms. The number of aliphatic hydroxyl groups is 1. The first kappa shape index (κ1) is 10.4.